The highest BCUT2D eigenvalue weighted by molar-refractivity contribution is 5.83. The van der Waals surface area contributed by atoms with Crippen LogP contribution in [0.4, 0.5) is 0 Å². The van der Waals surface area contributed by atoms with Crippen molar-refractivity contribution in [2.45, 2.75) is 64.7 Å². The molecule has 0 saturated heterocycles. The van der Waals surface area contributed by atoms with E-state index in [9.17, 15) is 0 Å². The van der Waals surface area contributed by atoms with E-state index in [0.29, 0.717) is 5.92 Å². The van der Waals surface area contributed by atoms with E-state index in [4.69, 9.17) is 5.41 Å². The third-order valence-electron chi connectivity index (χ3n) is 3.20. The molecule has 1 unspecified atom stereocenters. The van der Waals surface area contributed by atoms with Gasteiger partial charge in [0.25, 0.3) is 0 Å². The number of nitrogens with one attached hydrogen (secondary N) is 1. The minimum atomic E-state index is 0.602. The minimum Gasteiger partial charge on any atom is -0.309 e. The Balaban J connectivity index is 2.07. The van der Waals surface area contributed by atoms with Gasteiger partial charge in [-0.25, -0.2) is 0 Å². The van der Waals surface area contributed by atoms with Crippen molar-refractivity contribution in [3.63, 3.8) is 0 Å². The quantitative estimate of drug-likeness (QED) is 0.479. The van der Waals surface area contributed by atoms with E-state index in [-0.39, 0.29) is 0 Å². The lowest BCUT2D eigenvalue weighted by Gasteiger charge is -2.22. The van der Waals surface area contributed by atoms with Crippen molar-refractivity contribution in [2.75, 3.05) is 0 Å². The molecule has 1 saturated carbocycles. The molecule has 0 aromatic heterocycles. The molecule has 0 heterocycles. The molecule has 1 nitrogen and oxygen atoms in total. The first-order valence-corrected chi connectivity index (χ1v) is 6.23. The molecule has 0 aromatic rings. The summed E-state index contributed by atoms with van der Waals surface area (Å²) < 4.78 is 0. The Labute approximate surface area is 88.8 Å². The van der Waals surface area contributed by atoms with Crippen molar-refractivity contribution < 1.29 is 0 Å². The maximum absolute atomic E-state index is 8.00. The lowest BCUT2D eigenvalue weighted by Crippen LogP contribution is -2.16. The van der Waals surface area contributed by atoms with E-state index >= 15 is 0 Å². The van der Waals surface area contributed by atoms with Crippen molar-refractivity contribution in [3.8, 4) is 0 Å². The lowest BCUT2D eigenvalue weighted by molar-refractivity contribution is 0.503. The van der Waals surface area contributed by atoms with Crippen LogP contribution in [0.25, 0.3) is 0 Å². The Morgan fingerprint density at radius 3 is 2.86 bits per heavy atom. The van der Waals surface area contributed by atoms with Crippen LogP contribution >= 0.6 is 0 Å². The van der Waals surface area contributed by atoms with Crippen LogP contribution in [-0.4, -0.2) is 5.71 Å². The van der Waals surface area contributed by atoms with Gasteiger partial charge in [0.05, 0.1) is 0 Å². The smallest absolute Gasteiger partial charge is 0.0120 e. The van der Waals surface area contributed by atoms with E-state index in [2.05, 4.69) is 13.3 Å². The van der Waals surface area contributed by atoms with E-state index < -0.39 is 0 Å². The highest BCUT2D eigenvalue weighted by Gasteiger charge is 2.17. The molecule has 1 N–H and O–H groups in total. The van der Waals surface area contributed by atoms with Crippen LogP contribution in [0.3, 0.4) is 0 Å². The first-order chi connectivity index (χ1) is 6.84. The van der Waals surface area contributed by atoms with Gasteiger partial charge in [-0.15, -0.1) is 0 Å². The standard InChI is InChI=1S/C13H24N/c1-2-3-4-8-11-13(14)12-9-6-5-7-10-12/h6,12,14H,2-5,7-11H2,1H3. The van der Waals surface area contributed by atoms with Crippen molar-refractivity contribution in [2.24, 2.45) is 5.92 Å². The molecule has 1 atom stereocenters. The molecule has 1 aliphatic rings. The van der Waals surface area contributed by atoms with Gasteiger partial charge in [-0.05, 0) is 38.0 Å². The second-order valence-electron chi connectivity index (χ2n) is 4.49. The summed E-state index contributed by atoms with van der Waals surface area (Å²) in [6, 6.07) is 0. The van der Waals surface area contributed by atoms with E-state index in [1.807, 2.05) is 0 Å². The highest BCUT2D eigenvalue weighted by Crippen LogP contribution is 2.25. The molecule has 1 aliphatic carbocycles. The van der Waals surface area contributed by atoms with Crippen LogP contribution in [0, 0.1) is 17.7 Å². The summed E-state index contributed by atoms with van der Waals surface area (Å²) in [5.41, 5.74) is 1.03. The Bertz CT molecular complexity index is 157. The van der Waals surface area contributed by atoms with E-state index in [0.717, 1.165) is 12.1 Å². The van der Waals surface area contributed by atoms with Gasteiger partial charge in [-0.3, -0.25) is 0 Å². The van der Waals surface area contributed by atoms with Crippen molar-refractivity contribution in [1.29, 1.82) is 5.41 Å². The number of hydrogen-bond donors (Lipinski definition) is 1. The van der Waals surface area contributed by atoms with Crippen LogP contribution in [0.15, 0.2) is 0 Å². The number of rotatable bonds is 6. The average molecular weight is 194 g/mol. The first-order valence-electron chi connectivity index (χ1n) is 6.23. The second-order valence-corrected chi connectivity index (χ2v) is 4.49. The van der Waals surface area contributed by atoms with Crippen LogP contribution < -0.4 is 0 Å². The fourth-order valence-electron chi connectivity index (χ4n) is 2.21. The normalized spacial score (nSPS) is 18.4. The summed E-state index contributed by atoms with van der Waals surface area (Å²) >= 11 is 0. The first kappa shape index (κ1) is 11.7. The lowest BCUT2D eigenvalue weighted by atomic mass is 9.84. The SMILES string of the molecule is CCCCCCC(=N)C1C[CH]CCC1. The third kappa shape index (κ3) is 4.26. The molecule has 0 bridgehead atoms. The highest BCUT2D eigenvalue weighted by atomic mass is 14.4. The van der Waals surface area contributed by atoms with E-state index in [1.54, 1.807) is 0 Å². The predicted octanol–water partition coefficient (Wildman–Crippen LogP) is 4.37. The van der Waals surface area contributed by atoms with Gasteiger partial charge in [0.1, 0.15) is 0 Å². The summed E-state index contributed by atoms with van der Waals surface area (Å²) in [7, 11) is 0. The number of hydrogen-bond acceptors (Lipinski definition) is 1. The van der Waals surface area contributed by atoms with Crippen LogP contribution in [0.2, 0.25) is 0 Å². The zero-order valence-corrected chi connectivity index (χ0v) is 9.52. The van der Waals surface area contributed by atoms with Gasteiger partial charge >= 0.3 is 0 Å². The summed E-state index contributed by atoms with van der Waals surface area (Å²) in [5, 5.41) is 8.00. The summed E-state index contributed by atoms with van der Waals surface area (Å²) in [6.07, 6.45) is 13.6. The maximum Gasteiger partial charge on any atom is 0.0120 e. The molecule has 0 amide bonds. The number of unbranched alkanes of at least 4 members (excludes halogenated alkanes) is 3. The Hall–Kier alpha value is -0.330. The van der Waals surface area contributed by atoms with Crippen molar-refractivity contribution in [3.05, 3.63) is 6.42 Å². The zero-order valence-electron chi connectivity index (χ0n) is 9.52. The van der Waals surface area contributed by atoms with Crippen LogP contribution in [0.1, 0.15) is 64.7 Å². The van der Waals surface area contributed by atoms with Crippen LogP contribution in [0.5, 0.6) is 0 Å². The molecule has 0 aliphatic heterocycles. The molecular formula is C13H24N. The fourth-order valence-corrected chi connectivity index (χ4v) is 2.21. The molecule has 1 heteroatoms. The molecule has 1 fully saturated rings. The topological polar surface area (TPSA) is 23.9 Å². The predicted molar refractivity (Wildman–Crippen MR) is 62.7 cm³/mol. The third-order valence-corrected chi connectivity index (χ3v) is 3.20. The van der Waals surface area contributed by atoms with Crippen LogP contribution in [-0.2, 0) is 0 Å². The second kappa shape index (κ2) is 7.03. The maximum atomic E-state index is 8.00. The molecule has 14 heavy (non-hydrogen) atoms. The van der Waals surface area contributed by atoms with Gasteiger partial charge in [-0.2, -0.15) is 0 Å². The Morgan fingerprint density at radius 1 is 1.36 bits per heavy atom. The summed E-state index contributed by atoms with van der Waals surface area (Å²) in [4.78, 5) is 0. The fraction of sp³-hybridized carbons (Fsp3) is 0.846. The van der Waals surface area contributed by atoms with Gasteiger partial charge in [0.15, 0.2) is 0 Å². The Kier molecular flexibility index (Phi) is 5.89. The van der Waals surface area contributed by atoms with Gasteiger partial charge in [0, 0.05) is 5.71 Å². The molecule has 0 spiro atoms. The minimum absolute atomic E-state index is 0.602. The van der Waals surface area contributed by atoms with Gasteiger partial charge in [0.2, 0.25) is 0 Å². The molecule has 0 aromatic carbocycles. The zero-order chi connectivity index (χ0) is 10.2. The van der Waals surface area contributed by atoms with Crippen molar-refractivity contribution in [1.82, 2.24) is 0 Å². The van der Waals surface area contributed by atoms with Crippen molar-refractivity contribution >= 4 is 5.71 Å². The molecule has 1 rings (SSSR count). The van der Waals surface area contributed by atoms with Gasteiger partial charge in [-0.1, -0.05) is 39.0 Å². The Morgan fingerprint density at radius 2 is 2.21 bits per heavy atom. The van der Waals surface area contributed by atoms with E-state index in [1.165, 1.54) is 51.4 Å². The average Bonchev–Trinajstić information content (AvgIpc) is 2.25. The van der Waals surface area contributed by atoms with Gasteiger partial charge < -0.3 is 5.41 Å². The summed E-state index contributed by atoms with van der Waals surface area (Å²) in [5.74, 6) is 0.602. The molecule has 81 valence electrons. The molecule has 1 radical (unpaired) electrons. The monoisotopic (exact) mass is 194 g/mol. The molecular weight excluding hydrogens is 170 g/mol. The summed E-state index contributed by atoms with van der Waals surface area (Å²) in [6.45, 7) is 2.24. The largest absolute Gasteiger partial charge is 0.309 e.